The van der Waals surface area contributed by atoms with Crippen LogP contribution in [0.15, 0.2) is 42.7 Å². The number of nitrogens with zero attached hydrogens (tertiary/aromatic N) is 2. The summed E-state index contributed by atoms with van der Waals surface area (Å²) in [5.74, 6) is 0.756. The molecule has 1 aromatic heterocycles. The van der Waals surface area contributed by atoms with Crippen LogP contribution in [0, 0.1) is 0 Å². The van der Waals surface area contributed by atoms with Crippen molar-refractivity contribution in [3.8, 4) is 5.75 Å². The molecule has 3 rings (SSSR count). The number of H-pyrrole nitrogens is 1. The van der Waals surface area contributed by atoms with Crippen molar-refractivity contribution in [2.45, 2.75) is 18.9 Å². The summed E-state index contributed by atoms with van der Waals surface area (Å²) in [5.41, 5.74) is 0.558. The van der Waals surface area contributed by atoms with Gasteiger partial charge in [0.2, 0.25) is 0 Å². The Morgan fingerprint density at radius 3 is 2.96 bits per heavy atom. The van der Waals surface area contributed by atoms with Gasteiger partial charge in [0.05, 0.1) is 24.4 Å². The monoisotopic (exact) mass is 315 g/mol. The number of ether oxygens (including phenoxy) is 2. The van der Waals surface area contributed by atoms with Gasteiger partial charge in [0, 0.05) is 19.3 Å². The van der Waals surface area contributed by atoms with Crippen LogP contribution < -0.4 is 4.74 Å². The van der Waals surface area contributed by atoms with Gasteiger partial charge in [-0.3, -0.25) is 9.89 Å². The molecule has 1 saturated heterocycles. The molecular formula is C17H21N3O3. The molecule has 2 aromatic rings. The first-order valence-electron chi connectivity index (χ1n) is 7.90. The molecule has 1 unspecified atom stereocenters. The Hall–Kier alpha value is -2.34. The molecular weight excluding hydrogens is 294 g/mol. The van der Waals surface area contributed by atoms with Crippen LogP contribution in [0.1, 0.15) is 23.2 Å². The Bertz CT molecular complexity index is 595. The summed E-state index contributed by atoms with van der Waals surface area (Å²) in [6.07, 6.45) is 5.32. The van der Waals surface area contributed by atoms with E-state index in [9.17, 15) is 4.79 Å². The van der Waals surface area contributed by atoms with E-state index in [1.54, 1.807) is 17.3 Å². The highest BCUT2D eigenvalue weighted by molar-refractivity contribution is 5.93. The highest BCUT2D eigenvalue weighted by atomic mass is 16.5. The lowest BCUT2D eigenvalue weighted by molar-refractivity contribution is 0.0493. The van der Waals surface area contributed by atoms with Gasteiger partial charge < -0.3 is 14.4 Å². The molecule has 0 aliphatic carbocycles. The Morgan fingerprint density at radius 2 is 2.26 bits per heavy atom. The largest absolute Gasteiger partial charge is 0.492 e. The van der Waals surface area contributed by atoms with Gasteiger partial charge in [0.25, 0.3) is 5.91 Å². The molecule has 1 fully saturated rings. The quantitative estimate of drug-likeness (QED) is 0.850. The van der Waals surface area contributed by atoms with Gasteiger partial charge in [-0.05, 0) is 25.0 Å². The molecule has 122 valence electrons. The van der Waals surface area contributed by atoms with E-state index >= 15 is 0 Å². The molecule has 6 heteroatoms. The topological polar surface area (TPSA) is 67.5 Å². The van der Waals surface area contributed by atoms with E-state index in [0.29, 0.717) is 25.3 Å². The third-order valence-electron chi connectivity index (χ3n) is 3.85. The molecule has 2 heterocycles. The van der Waals surface area contributed by atoms with E-state index in [1.165, 1.54) is 0 Å². The number of aromatic amines is 1. The highest BCUT2D eigenvalue weighted by Crippen LogP contribution is 2.15. The minimum atomic E-state index is -0.0501. The highest BCUT2D eigenvalue weighted by Gasteiger charge is 2.23. The number of hydrogen-bond acceptors (Lipinski definition) is 4. The number of nitrogens with one attached hydrogen (secondary N) is 1. The average molecular weight is 315 g/mol. The Morgan fingerprint density at radius 1 is 1.39 bits per heavy atom. The second kappa shape index (κ2) is 7.78. The van der Waals surface area contributed by atoms with Crippen molar-refractivity contribution in [1.82, 2.24) is 15.1 Å². The van der Waals surface area contributed by atoms with Gasteiger partial charge in [0.15, 0.2) is 0 Å². The number of carbonyl (C=O) groups is 1. The van der Waals surface area contributed by atoms with Crippen LogP contribution in [0.3, 0.4) is 0 Å². The second-order valence-corrected chi connectivity index (χ2v) is 5.53. The summed E-state index contributed by atoms with van der Waals surface area (Å²) in [5, 5.41) is 6.53. The van der Waals surface area contributed by atoms with Gasteiger partial charge >= 0.3 is 0 Å². The Balaban J connectivity index is 1.58. The summed E-state index contributed by atoms with van der Waals surface area (Å²) in [4.78, 5) is 14.4. The van der Waals surface area contributed by atoms with Crippen molar-refractivity contribution >= 4 is 5.91 Å². The molecule has 1 amide bonds. The number of rotatable bonds is 7. The fraction of sp³-hybridized carbons (Fsp3) is 0.412. The van der Waals surface area contributed by atoms with Crippen molar-refractivity contribution in [3.63, 3.8) is 0 Å². The molecule has 6 nitrogen and oxygen atoms in total. The van der Waals surface area contributed by atoms with E-state index in [4.69, 9.17) is 9.47 Å². The van der Waals surface area contributed by atoms with Crippen LogP contribution in [0.2, 0.25) is 0 Å². The van der Waals surface area contributed by atoms with Crippen molar-refractivity contribution in [3.05, 3.63) is 48.3 Å². The van der Waals surface area contributed by atoms with Gasteiger partial charge in [-0.2, -0.15) is 5.10 Å². The Labute approximate surface area is 135 Å². The Kier molecular flexibility index (Phi) is 5.26. The SMILES string of the molecule is O=C(c1cn[nH]c1)N(CCOc1ccccc1)CC1CCCO1. The minimum Gasteiger partial charge on any atom is -0.492 e. The molecule has 0 spiro atoms. The summed E-state index contributed by atoms with van der Waals surface area (Å²) >= 11 is 0. The van der Waals surface area contributed by atoms with Gasteiger partial charge in [-0.1, -0.05) is 18.2 Å². The van der Waals surface area contributed by atoms with Crippen LogP contribution in [-0.2, 0) is 4.74 Å². The fourth-order valence-corrected chi connectivity index (χ4v) is 2.65. The molecule has 0 bridgehead atoms. The average Bonchev–Trinajstić information content (AvgIpc) is 3.28. The van der Waals surface area contributed by atoms with E-state index in [1.807, 2.05) is 30.3 Å². The van der Waals surface area contributed by atoms with E-state index in [-0.39, 0.29) is 12.0 Å². The van der Waals surface area contributed by atoms with Crippen LogP contribution in [0.25, 0.3) is 0 Å². The van der Waals surface area contributed by atoms with Gasteiger partial charge in [-0.15, -0.1) is 0 Å². The predicted octanol–water partition coefficient (Wildman–Crippen LogP) is 2.11. The summed E-state index contributed by atoms with van der Waals surface area (Å²) in [6.45, 7) is 2.32. The predicted molar refractivity (Wildman–Crippen MR) is 85.4 cm³/mol. The summed E-state index contributed by atoms with van der Waals surface area (Å²) in [7, 11) is 0. The molecule has 23 heavy (non-hydrogen) atoms. The molecule has 1 aliphatic heterocycles. The van der Waals surface area contributed by atoms with Crippen molar-refractivity contribution in [1.29, 1.82) is 0 Å². The molecule has 1 aliphatic rings. The maximum atomic E-state index is 12.6. The van der Waals surface area contributed by atoms with Crippen molar-refractivity contribution in [2.24, 2.45) is 0 Å². The molecule has 0 radical (unpaired) electrons. The lowest BCUT2D eigenvalue weighted by atomic mass is 10.2. The minimum absolute atomic E-state index is 0.0501. The molecule has 1 aromatic carbocycles. The molecule has 1 atom stereocenters. The second-order valence-electron chi connectivity index (χ2n) is 5.53. The number of hydrogen-bond donors (Lipinski definition) is 1. The lowest BCUT2D eigenvalue weighted by Gasteiger charge is -2.25. The van der Waals surface area contributed by atoms with E-state index in [0.717, 1.165) is 25.2 Å². The molecule has 1 N–H and O–H groups in total. The zero-order valence-electron chi connectivity index (χ0n) is 13.0. The number of carbonyl (C=O) groups excluding carboxylic acids is 1. The lowest BCUT2D eigenvalue weighted by Crippen LogP contribution is -2.39. The van der Waals surface area contributed by atoms with Crippen LogP contribution in [0.5, 0.6) is 5.75 Å². The summed E-state index contributed by atoms with van der Waals surface area (Å²) < 4.78 is 11.4. The van der Waals surface area contributed by atoms with E-state index < -0.39 is 0 Å². The zero-order valence-corrected chi connectivity index (χ0v) is 13.0. The van der Waals surface area contributed by atoms with Crippen LogP contribution in [0.4, 0.5) is 0 Å². The maximum absolute atomic E-state index is 12.6. The zero-order chi connectivity index (χ0) is 15.9. The number of benzene rings is 1. The summed E-state index contributed by atoms with van der Waals surface area (Å²) in [6, 6.07) is 9.61. The smallest absolute Gasteiger partial charge is 0.257 e. The normalized spacial score (nSPS) is 17.1. The third-order valence-corrected chi connectivity index (χ3v) is 3.85. The first kappa shape index (κ1) is 15.6. The first-order chi connectivity index (χ1) is 11.3. The molecule has 0 saturated carbocycles. The van der Waals surface area contributed by atoms with Gasteiger partial charge in [0.1, 0.15) is 12.4 Å². The maximum Gasteiger partial charge on any atom is 0.257 e. The number of amides is 1. The van der Waals surface area contributed by atoms with Crippen LogP contribution in [-0.4, -0.2) is 53.4 Å². The first-order valence-corrected chi connectivity index (χ1v) is 7.90. The number of para-hydroxylation sites is 1. The van der Waals surface area contributed by atoms with E-state index in [2.05, 4.69) is 10.2 Å². The third kappa shape index (κ3) is 4.32. The van der Waals surface area contributed by atoms with Gasteiger partial charge in [-0.25, -0.2) is 0 Å². The fourth-order valence-electron chi connectivity index (χ4n) is 2.65. The van der Waals surface area contributed by atoms with Crippen LogP contribution >= 0.6 is 0 Å². The van der Waals surface area contributed by atoms with Crippen molar-refractivity contribution < 1.29 is 14.3 Å². The van der Waals surface area contributed by atoms with Crippen molar-refractivity contribution in [2.75, 3.05) is 26.3 Å². The number of aromatic nitrogens is 2. The standard InChI is InChI=1S/C17H21N3O3/c21-17(14-11-18-19-12-14)20(13-16-7-4-9-22-16)8-10-23-15-5-2-1-3-6-15/h1-3,5-6,11-12,16H,4,7-10,13H2,(H,18,19).